The largest absolute Gasteiger partial charge is 0.371 e. The van der Waals surface area contributed by atoms with Gasteiger partial charge in [-0.2, -0.15) is 0 Å². The Morgan fingerprint density at radius 2 is 1.07 bits per heavy atom. The van der Waals surface area contributed by atoms with E-state index in [-0.39, 0.29) is 0 Å². The normalized spacial score (nSPS) is 17.0. The first-order valence-electron chi connectivity index (χ1n) is 11.0. The molecular formula is C24H32Br2N2Si. The smallest absolute Gasteiger partial charge is 0.126 e. The molecular weight excluding hydrogens is 504 g/mol. The Labute approximate surface area is 193 Å². The molecule has 2 aliphatic heterocycles. The lowest BCUT2D eigenvalue weighted by molar-refractivity contribution is 0.618. The molecule has 0 spiro atoms. The van der Waals surface area contributed by atoms with E-state index >= 15 is 0 Å². The zero-order chi connectivity index (χ0) is 20.8. The van der Waals surface area contributed by atoms with Crippen molar-refractivity contribution in [1.29, 1.82) is 0 Å². The maximum Gasteiger partial charge on any atom is 0.126 e. The number of benzene rings is 2. The van der Waals surface area contributed by atoms with Crippen molar-refractivity contribution in [2.45, 2.75) is 51.6 Å². The molecule has 0 bridgehead atoms. The number of hydrogen-bond donors (Lipinski definition) is 0. The highest BCUT2D eigenvalue weighted by Crippen LogP contribution is 2.38. The molecule has 0 atom stereocenters. The van der Waals surface area contributed by atoms with Crippen LogP contribution in [-0.2, 0) is 0 Å². The fraction of sp³-hybridized carbons (Fsp3) is 0.500. The van der Waals surface area contributed by atoms with Gasteiger partial charge < -0.3 is 9.80 Å². The highest BCUT2D eigenvalue weighted by atomic mass is 79.9. The monoisotopic (exact) mass is 534 g/mol. The Bertz CT molecular complexity index is 815. The molecule has 2 fully saturated rings. The van der Waals surface area contributed by atoms with Crippen LogP contribution in [0.2, 0.25) is 11.1 Å². The van der Waals surface area contributed by atoms with E-state index in [0.717, 1.165) is 0 Å². The summed E-state index contributed by atoms with van der Waals surface area (Å²) in [6.45, 7) is 14.5. The van der Waals surface area contributed by atoms with E-state index in [1.807, 2.05) is 0 Å². The summed E-state index contributed by atoms with van der Waals surface area (Å²) in [4.78, 5) is 5.03. The van der Waals surface area contributed by atoms with Gasteiger partial charge >= 0.3 is 0 Å². The first-order chi connectivity index (χ1) is 13.9. The third-order valence-corrected chi connectivity index (χ3v) is 15.4. The van der Waals surface area contributed by atoms with Gasteiger partial charge in [0.15, 0.2) is 0 Å². The molecule has 156 valence electrons. The highest BCUT2D eigenvalue weighted by Gasteiger charge is 2.46. The summed E-state index contributed by atoms with van der Waals surface area (Å²) >= 11 is 7.95. The minimum Gasteiger partial charge on any atom is -0.371 e. The first-order valence-corrected chi connectivity index (χ1v) is 14.7. The van der Waals surface area contributed by atoms with Gasteiger partial charge in [0, 0.05) is 46.5 Å². The van der Waals surface area contributed by atoms with Gasteiger partial charge in [-0.1, -0.05) is 59.6 Å². The third-order valence-electron chi connectivity index (χ3n) is 7.06. The van der Waals surface area contributed by atoms with Crippen LogP contribution >= 0.6 is 31.9 Å². The molecule has 0 aliphatic carbocycles. The molecule has 0 amide bonds. The van der Waals surface area contributed by atoms with Crippen molar-refractivity contribution >= 4 is 61.7 Å². The SMILES string of the molecule is CC(C)[Si](c1cc(N2CCC2)ccc1Br)(c1cc(N2CCC2)ccc1Br)C(C)C. The lowest BCUT2D eigenvalue weighted by Gasteiger charge is -2.43. The molecule has 4 rings (SSSR count). The summed E-state index contributed by atoms with van der Waals surface area (Å²) in [7, 11) is -2.07. The molecule has 2 aromatic rings. The van der Waals surface area contributed by atoms with Gasteiger partial charge in [-0.3, -0.25) is 0 Å². The Balaban J connectivity index is 1.93. The van der Waals surface area contributed by atoms with E-state index in [9.17, 15) is 0 Å². The maximum absolute atomic E-state index is 3.98. The number of anilines is 2. The van der Waals surface area contributed by atoms with Crippen LogP contribution in [0.25, 0.3) is 0 Å². The minimum atomic E-state index is -2.07. The van der Waals surface area contributed by atoms with Crippen LogP contribution in [-0.4, -0.2) is 34.3 Å². The molecule has 2 nitrogen and oxygen atoms in total. The Morgan fingerprint density at radius 3 is 1.34 bits per heavy atom. The van der Waals surface area contributed by atoms with Crippen molar-refractivity contribution in [2.75, 3.05) is 36.0 Å². The predicted molar refractivity (Wildman–Crippen MR) is 137 cm³/mol. The molecule has 2 heterocycles. The van der Waals surface area contributed by atoms with E-state index in [1.165, 1.54) is 59.3 Å². The number of nitrogens with zero attached hydrogens (tertiary/aromatic N) is 2. The van der Waals surface area contributed by atoms with Gasteiger partial charge in [-0.15, -0.1) is 0 Å². The minimum absolute atomic E-state index is 0.591. The third kappa shape index (κ3) is 3.61. The molecule has 2 aliphatic rings. The number of hydrogen-bond acceptors (Lipinski definition) is 2. The molecule has 0 N–H and O–H groups in total. The van der Waals surface area contributed by atoms with E-state index in [4.69, 9.17) is 0 Å². The first kappa shape index (κ1) is 21.4. The summed E-state index contributed by atoms with van der Waals surface area (Å²) in [6.07, 6.45) is 2.62. The lowest BCUT2D eigenvalue weighted by atomic mass is 10.2. The number of rotatable bonds is 6. The van der Waals surface area contributed by atoms with Gasteiger partial charge in [0.05, 0.1) is 0 Å². The molecule has 0 unspecified atom stereocenters. The van der Waals surface area contributed by atoms with Crippen molar-refractivity contribution in [3.05, 3.63) is 45.3 Å². The summed E-state index contributed by atoms with van der Waals surface area (Å²) in [5.41, 5.74) is 3.96. The van der Waals surface area contributed by atoms with Gasteiger partial charge in [-0.25, -0.2) is 0 Å². The molecule has 2 aromatic carbocycles. The van der Waals surface area contributed by atoms with Crippen LogP contribution in [0.15, 0.2) is 45.3 Å². The van der Waals surface area contributed by atoms with Crippen molar-refractivity contribution in [3.63, 3.8) is 0 Å². The van der Waals surface area contributed by atoms with Crippen molar-refractivity contribution in [1.82, 2.24) is 0 Å². The van der Waals surface area contributed by atoms with Crippen molar-refractivity contribution in [3.8, 4) is 0 Å². The van der Waals surface area contributed by atoms with Crippen LogP contribution in [0.4, 0.5) is 11.4 Å². The standard InChI is InChI=1S/C24H32Br2N2Si/c1-17(2)29(18(3)4,23-15-19(7-9-21(23)25)27-11-5-12-27)24-16-20(8-10-22(24)26)28-13-6-14-28/h7-10,15-18H,5-6,11-14H2,1-4H3. The van der Waals surface area contributed by atoms with Gasteiger partial charge in [-0.05, 0) is 70.7 Å². The van der Waals surface area contributed by atoms with E-state index in [0.29, 0.717) is 11.1 Å². The van der Waals surface area contributed by atoms with Gasteiger partial charge in [0.2, 0.25) is 0 Å². The van der Waals surface area contributed by atoms with Gasteiger partial charge in [0.1, 0.15) is 8.07 Å². The number of halogens is 2. The summed E-state index contributed by atoms with van der Waals surface area (Å²) in [5, 5.41) is 3.10. The van der Waals surface area contributed by atoms with Crippen LogP contribution < -0.4 is 20.2 Å². The Morgan fingerprint density at radius 1 is 0.690 bits per heavy atom. The van der Waals surface area contributed by atoms with Gasteiger partial charge in [0.25, 0.3) is 0 Å². The lowest BCUT2D eigenvalue weighted by Crippen LogP contribution is -2.63. The second-order valence-electron chi connectivity index (χ2n) is 9.19. The highest BCUT2D eigenvalue weighted by molar-refractivity contribution is 9.11. The second kappa shape index (κ2) is 8.39. The molecule has 0 radical (unpaired) electrons. The zero-order valence-electron chi connectivity index (χ0n) is 18.0. The predicted octanol–water partition coefficient (Wildman–Crippen LogP) is 6.01. The van der Waals surface area contributed by atoms with Crippen LogP contribution in [0.3, 0.4) is 0 Å². The molecule has 0 aromatic heterocycles. The van der Waals surface area contributed by atoms with Crippen molar-refractivity contribution < 1.29 is 0 Å². The quantitative estimate of drug-likeness (QED) is 0.417. The summed E-state index contributed by atoms with van der Waals surface area (Å²) in [6, 6.07) is 14.2. The van der Waals surface area contributed by atoms with E-state index in [1.54, 1.807) is 10.4 Å². The Kier molecular flexibility index (Phi) is 6.21. The average molecular weight is 536 g/mol. The topological polar surface area (TPSA) is 6.48 Å². The van der Waals surface area contributed by atoms with Crippen LogP contribution in [0, 0.1) is 0 Å². The summed E-state index contributed by atoms with van der Waals surface area (Å²) in [5.74, 6) is 0. The fourth-order valence-corrected chi connectivity index (χ4v) is 13.6. The van der Waals surface area contributed by atoms with E-state index < -0.39 is 8.07 Å². The fourth-order valence-electron chi connectivity index (χ4n) is 5.26. The average Bonchev–Trinajstić information content (AvgIpc) is 2.57. The van der Waals surface area contributed by atoms with Crippen LogP contribution in [0.5, 0.6) is 0 Å². The Hall–Kier alpha value is -0.783. The second-order valence-corrected chi connectivity index (χ2v) is 16.0. The van der Waals surface area contributed by atoms with E-state index in [2.05, 4.69) is 106 Å². The van der Waals surface area contributed by atoms with Crippen molar-refractivity contribution in [2.24, 2.45) is 0 Å². The molecule has 29 heavy (non-hydrogen) atoms. The summed E-state index contributed by atoms with van der Waals surface area (Å²) < 4.78 is 2.55. The molecule has 2 saturated heterocycles. The molecule has 5 heteroatoms. The maximum atomic E-state index is 3.98. The zero-order valence-corrected chi connectivity index (χ0v) is 22.2. The van der Waals surface area contributed by atoms with Crippen LogP contribution in [0.1, 0.15) is 40.5 Å². The molecule has 0 saturated carbocycles.